The van der Waals surface area contributed by atoms with E-state index in [1.807, 2.05) is 0 Å². The number of carbonyl (C=O) groups excluding carboxylic acids is 4. The Morgan fingerprint density at radius 2 is 1.96 bits per heavy atom. The molecule has 10 heteroatoms. The first-order valence-corrected chi connectivity index (χ1v) is 10.1. The molecule has 0 aromatic carbocycles. The van der Waals surface area contributed by atoms with E-state index in [0.29, 0.717) is 24.3 Å². The highest BCUT2D eigenvalue weighted by molar-refractivity contribution is 8.00. The van der Waals surface area contributed by atoms with Gasteiger partial charge in [-0.2, -0.15) is 0 Å². The first-order chi connectivity index (χ1) is 12.8. The van der Waals surface area contributed by atoms with E-state index in [4.69, 9.17) is 5.73 Å². The first kappa shape index (κ1) is 18.3. The maximum Gasteiger partial charge on any atom is 0.253 e. The van der Waals surface area contributed by atoms with Crippen LogP contribution < -0.4 is 16.2 Å². The summed E-state index contributed by atoms with van der Waals surface area (Å²) in [5.41, 5.74) is 5.85. The first-order valence-electron chi connectivity index (χ1n) is 9.05. The number of hydrogen-bond donors (Lipinski definition) is 2. The van der Waals surface area contributed by atoms with Crippen LogP contribution >= 0.6 is 11.8 Å². The number of carboxylic acids is 1. The molecular weight excluding hydrogens is 372 g/mol. The summed E-state index contributed by atoms with van der Waals surface area (Å²) < 4.78 is 0.727. The van der Waals surface area contributed by atoms with Crippen molar-refractivity contribution < 1.29 is 28.8 Å². The van der Waals surface area contributed by atoms with Crippen LogP contribution in [0.3, 0.4) is 0 Å². The average molecular weight is 394 g/mol. The number of carboxylic acid groups (broad SMARTS) is 1. The van der Waals surface area contributed by atoms with Crippen molar-refractivity contribution in [2.75, 3.05) is 31.9 Å². The summed E-state index contributed by atoms with van der Waals surface area (Å²) in [5.74, 6) is -1.52. The van der Waals surface area contributed by atoms with Crippen LogP contribution in [0.15, 0.2) is 11.3 Å². The molecule has 4 fully saturated rings. The van der Waals surface area contributed by atoms with Crippen molar-refractivity contribution in [3.63, 3.8) is 0 Å². The third-order valence-corrected chi connectivity index (χ3v) is 8.07. The van der Waals surface area contributed by atoms with Crippen LogP contribution in [0.5, 0.6) is 0 Å². The summed E-state index contributed by atoms with van der Waals surface area (Å²) in [4.78, 5) is 47.9. The van der Waals surface area contributed by atoms with Crippen molar-refractivity contribution in [3.05, 3.63) is 11.3 Å². The Morgan fingerprint density at radius 3 is 2.48 bits per heavy atom. The number of primary amides is 1. The Labute approximate surface area is 160 Å². The van der Waals surface area contributed by atoms with E-state index < -0.39 is 28.7 Å². The van der Waals surface area contributed by atoms with Gasteiger partial charge >= 0.3 is 0 Å². The van der Waals surface area contributed by atoms with E-state index in [1.165, 1.54) is 16.7 Å². The van der Waals surface area contributed by atoms with Crippen LogP contribution in [0.4, 0.5) is 0 Å². The lowest BCUT2D eigenvalue weighted by atomic mass is 9.70. The van der Waals surface area contributed by atoms with Crippen molar-refractivity contribution in [1.82, 2.24) is 10.2 Å². The van der Waals surface area contributed by atoms with Crippen molar-refractivity contribution in [3.8, 4) is 0 Å². The van der Waals surface area contributed by atoms with Crippen molar-refractivity contribution in [2.24, 2.45) is 11.1 Å². The van der Waals surface area contributed by atoms with Crippen LogP contribution in [0, 0.1) is 5.41 Å². The van der Waals surface area contributed by atoms with Gasteiger partial charge in [-0.05, 0) is 0 Å². The van der Waals surface area contributed by atoms with E-state index >= 15 is 0 Å². The molecule has 9 nitrogen and oxygen atoms in total. The van der Waals surface area contributed by atoms with Crippen molar-refractivity contribution in [1.29, 1.82) is 0 Å². The van der Waals surface area contributed by atoms with E-state index in [1.54, 1.807) is 0 Å². The number of β-lactam (4-membered cyclic amide) rings is 1. The smallest absolute Gasteiger partial charge is 0.253 e. The number of nitrogens with two attached hydrogens (primary N) is 1. The van der Waals surface area contributed by atoms with Gasteiger partial charge in [0, 0.05) is 30.6 Å². The number of amides is 3. The zero-order valence-corrected chi connectivity index (χ0v) is 15.6. The molecule has 146 valence electrons. The highest BCUT2D eigenvalue weighted by Crippen LogP contribution is 2.46. The number of nitrogens with one attached hydrogen (secondary N) is 1. The topological polar surface area (TPSA) is 133 Å². The molecule has 3 N–H and O–H groups in total. The molecule has 0 aromatic rings. The monoisotopic (exact) mass is 394 g/mol. The van der Waals surface area contributed by atoms with Gasteiger partial charge in [-0.25, -0.2) is 0 Å². The van der Waals surface area contributed by atoms with E-state index in [0.717, 1.165) is 43.4 Å². The molecule has 3 amide bonds. The summed E-state index contributed by atoms with van der Waals surface area (Å²) in [7, 11) is 0. The molecule has 2 bridgehead atoms. The molecule has 27 heavy (non-hydrogen) atoms. The number of thioether (sulfide) groups is 1. The Bertz CT molecular complexity index is 742. The van der Waals surface area contributed by atoms with Gasteiger partial charge in [0.25, 0.3) is 5.91 Å². The number of nitrogens with zero attached hydrogens (tertiary/aromatic N) is 2. The van der Waals surface area contributed by atoms with Crippen molar-refractivity contribution in [2.45, 2.75) is 30.7 Å². The molecule has 2 atom stereocenters. The summed E-state index contributed by atoms with van der Waals surface area (Å²) >= 11 is 1.46. The molecule has 0 unspecified atom stereocenters. The van der Waals surface area contributed by atoms with Gasteiger partial charge in [0.1, 0.15) is 18.0 Å². The highest BCUT2D eigenvalue weighted by Gasteiger charge is 2.55. The highest BCUT2D eigenvalue weighted by atomic mass is 32.2. The molecule has 5 aliphatic heterocycles. The molecule has 0 aliphatic carbocycles. The molecule has 0 radical (unpaired) electrons. The third-order valence-electron chi connectivity index (χ3n) is 6.73. The van der Waals surface area contributed by atoms with E-state index in [9.17, 15) is 24.3 Å². The van der Waals surface area contributed by atoms with Gasteiger partial charge < -0.3 is 25.4 Å². The maximum atomic E-state index is 12.3. The predicted octanol–water partition coefficient (Wildman–Crippen LogP) is -2.49. The summed E-state index contributed by atoms with van der Waals surface area (Å²) in [6.45, 7) is 2.88. The normalized spacial score (nSPS) is 37.5. The fourth-order valence-corrected chi connectivity index (χ4v) is 6.31. The summed E-state index contributed by atoms with van der Waals surface area (Å²) in [6, 6.07) is -0.684. The second kappa shape index (κ2) is 6.23. The predicted molar refractivity (Wildman–Crippen MR) is 93.3 cm³/mol. The minimum absolute atomic E-state index is 0.0440. The Balaban J connectivity index is 1.57. The molecule has 5 heterocycles. The molecule has 5 aliphatic rings. The lowest BCUT2D eigenvalue weighted by Crippen LogP contribution is -2.71. The number of quaternary nitrogens is 1. The van der Waals surface area contributed by atoms with Crippen LogP contribution in [0.1, 0.15) is 19.3 Å². The van der Waals surface area contributed by atoms with Gasteiger partial charge in [-0.3, -0.25) is 19.3 Å². The Hall–Kier alpha value is -2.07. The fourth-order valence-electron chi connectivity index (χ4n) is 4.96. The van der Waals surface area contributed by atoms with Gasteiger partial charge in [-0.15, -0.1) is 11.8 Å². The van der Waals surface area contributed by atoms with Crippen LogP contribution in [-0.2, 0) is 19.2 Å². The standard InChI is InChI=1S/C17H22N4O5S/c18-16(26)17-1-4-21(5-2-17,6-3-17)7-10-8-27-14-11(19-9-22)13(23)20(14)12(10)15(24)25/h9,11,14H,1-8H2,(H3-,18,19,22,24,25,26)/t11-,14+,17?,21?/m1/s1. The van der Waals surface area contributed by atoms with Gasteiger partial charge in [0.05, 0.1) is 36.7 Å². The van der Waals surface area contributed by atoms with Crippen LogP contribution in [0.2, 0.25) is 0 Å². The summed E-state index contributed by atoms with van der Waals surface area (Å²) in [5, 5.41) is 13.9. The molecule has 5 rings (SSSR count). The van der Waals surface area contributed by atoms with Gasteiger partial charge in [0.15, 0.2) is 0 Å². The zero-order chi connectivity index (χ0) is 19.4. The zero-order valence-electron chi connectivity index (χ0n) is 14.8. The maximum absolute atomic E-state index is 12.3. The largest absolute Gasteiger partial charge is 0.543 e. The number of rotatable bonds is 6. The fraction of sp³-hybridized carbons (Fsp3) is 0.647. The van der Waals surface area contributed by atoms with Crippen molar-refractivity contribution >= 4 is 36.0 Å². The minimum Gasteiger partial charge on any atom is -0.543 e. The van der Waals surface area contributed by atoms with Crippen LogP contribution in [0.25, 0.3) is 0 Å². The Kier molecular flexibility index (Phi) is 4.22. The number of piperidine rings is 3. The molecule has 4 saturated heterocycles. The summed E-state index contributed by atoms with van der Waals surface area (Å²) in [6.07, 6.45) is 2.63. The number of hydrogen-bond acceptors (Lipinski definition) is 6. The second-order valence-corrected chi connectivity index (χ2v) is 9.08. The average Bonchev–Trinajstić information content (AvgIpc) is 2.66. The SMILES string of the molecule is NC(=O)C12CC[N+](CC3=C(C(=O)[O-])N4C(=O)[C@@H](NC=O)[C@@H]4SC3)(CC1)CC2. The second-order valence-electron chi connectivity index (χ2n) is 7.98. The van der Waals surface area contributed by atoms with E-state index in [2.05, 4.69) is 5.32 Å². The molecule has 0 spiro atoms. The minimum atomic E-state index is -1.35. The quantitative estimate of drug-likeness (QED) is 0.291. The molecule has 0 saturated carbocycles. The number of fused-ring (bicyclic) bond motifs is 4. The van der Waals surface area contributed by atoms with Gasteiger partial charge in [-0.1, -0.05) is 0 Å². The lowest BCUT2D eigenvalue weighted by molar-refractivity contribution is -0.940. The van der Waals surface area contributed by atoms with Crippen LogP contribution in [-0.4, -0.2) is 76.9 Å². The molecular formula is C17H22N4O5S. The van der Waals surface area contributed by atoms with E-state index in [-0.39, 0.29) is 11.6 Å². The number of carbonyl (C=O) groups is 4. The third kappa shape index (κ3) is 2.65. The Morgan fingerprint density at radius 1 is 1.33 bits per heavy atom. The lowest BCUT2D eigenvalue weighted by Gasteiger charge is -2.55. The molecule has 0 aromatic heterocycles. The number of aliphatic carboxylic acids is 1. The van der Waals surface area contributed by atoms with Gasteiger partial charge in [0.2, 0.25) is 12.3 Å².